The summed E-state index contributed by atoms with van der Waals surface area (Å²) in [4.78, 5) is 6.80. The Balaban J connectivity index is 1.67. The lowest BCUT2D eigenvalue weighted by molar-refractivity contribution is 0.257. The van der Waals surface area contributed by atoms with Crippen LogP contribution >= 0.6 is 0 Å². The summed E-state index contributed by atoms with van der Waals surface area (Å²) in [6.07, 6.45) is 5.90. The number of aromatic nitrogens is 4. The molecular formula is C15H24N6. The van der Waals surface area contributed by atoms with E-state index >= 15 is 0 Å². The topological polar surface area (TPSA) is 50.9 Å². The van der Waals surface area contributed by atoms with Gasteiger partial charge in [-0.25, -0.2) is 4.98 Å². The lowest BCUT2D eigenvalue weighted by atomic mass is 10.2. The molecule has 6 nitrogen and oxygen atoms in total. The highest BCUT2D eigenvalue weighted by Crippen LogP contribution is 2.17. The second-order valence-corrected chi connectivity index (χ2v) is 5.75. The van der Waals surface area contributed by atoms with E-state index in [4.69, 9.17) is 0 Å². The van der Waals surface area contributed by atoms with Crippen LogP contribution in [-0.4, -0.2) is 37.8 Å². The normalized spacial score (nSPS) is 16.9. The molecule has 1 aliphatic heterocycles. The molecule has 114 valence electrons. The van der Waals surface area contributed by atoms with Crippen LogP contribution < -0.4 is 5.32 Å². The second-order valence-electron chi connectivity index (χ2n) is 5.75. The molecule has 0 aliphatic carbocycles. The van der Waals surface area contributed by atoms with Crippen molar-refractivity contribution in [2.24, 2.45) is 0 Å². The van der Waals surface area contributed by atoms with Gasteiger partial charge in [0.05, 0.1) is 24.5 Å². The third-order valence-corrected chi connectivity index (χ3v) is 4.22. The van der Waals surface area contributed by atoms with Gasteiger partial charge < -0.3 is 9.88 Å². The second kappa shape index (κ2) is 5.99. The van der Waals surface area contributed by atoms with E-state index in [1.807, 2.05) is 18.6 Å². The van der Waals surface area contributed by atoms with Crippen LogP contribution in [0, 0.1) is 0 Å². The summed E-state index contributed by atoms with van der Waals surface area (Å²) in [5.41, 5.74) is 2.63. The zero-order valence-corrected chi connectivity index (χ0v) is 13.1. The van der Waals surface area contributed by atoms with Gasteiger partial charge in [0.25, 0.3) is 0 Å². The number of likely N-dealkylation sites (N-methyl/N-ethyl adjacent to an activating group) is 1. The molecule has 1 atom stereocenters. The van der Waals surface area contributed by atoms with E-state index in [0.29, 0.717) is 0 Å². The van der Waals surface area contributed by atoms with Gasteiger partial charge in [-0.05, 0) is 20.9 Å². The lowest BCUT2D eigenvalue weighted by Gasteiger charge is -2.24. The SMILES string of the molecule is CCn1ccnc1C(C)NCc1cnn2c1CN(C)CC2. The number of fused-ring (bicyclic) bond motifs is 1. The van der Waals surface area contributed by atoms with E-state index in [2.05, 4.69) is 50.4 Å². The summed E-state index contributed by atoms with van der Waals surface area (Å²) in [6.45, 7) is 9.14. The van der Waals surface area contributed by atoms with Crippen LogP contribution in [0.5, 0.6) is 0 Å². The number of nitrogens with zero attached hydrogens (tertiary/aromatic N) is 5. The molecule has 21 heavy (non-hydrogen) atoms. The first kappa shape index (κ1) is 14.3. The molecule has 2 aromatic rings. The Kier molecular flexibility index (Phi) is 4.07. The molecule has 0 saturated heterocycles. The van der Waals surface area contributed by atoms with Crippen LogP contribution in [0.15, 0.2) is 18.6 Å². The van der Waals surface area contributed by atoms with Crippen molar-refractivity contribution in [3.63, 3.8) is 0 Å². The van der Waals surface area contributed by atoms with Crippen molar-refractivity contribution in [1.82, 2.24) is 29.5 Å². The molecule has 3 heterocycles. The standard InChI is InChI=1S/C15H24N6/c1-4-20-6-5-16-15(20)12(2)17-9-13-10-18-21-8-7-19(3)11-14(13)21/h5-6,10,12,17H,4,7-9,11H2,1-3H3. The highest BCUT2D eigenvalue weighted by molar-refractivity contribution is 5.19. The molecule has 0 spiro atoms. The zero-order chi connectivity index (χ0) is 14.8. The highest BCUT2D eigenvalue weighted by atomic mass is 15.3. The Morgan fingerprint density at radius 1 is 1.38 bits per heavy atom. The average Bonchev–Trinajstić information content (AvgIpc) is 3.11. The number of hydrogen-bond acceptors (Lipinski definition) is 4. The molecule has 0 saturated carbocycles. The number of imidazole rings is 1. The monoisotopic (exact) mass is 288 g/mol. The first-order chi connectivity index (χ1) is 10.2. The summed E-state index contributed by atoms with van der Waals surface area (Å²) in [6, 6.07) is 0.233. The Labute approximate surface area is 125 Å². The van der Waals surface area contributed by atoms with Crippen LogP contribution in [0.25, 0.3) is 0 Å². The molecule has 0 amide bonds. The Morgan fingerprint density at radius 3 is 3.05 bits per heavy atom. The number of hydrogen-bond donors (Lipinski definition) is 1. The fraction of sp³-hybridized carbons (Fsp3) is 0.600. The predicted octanol–water partition coefficient (Wildman–Crippen LogP) is 1.40. The number of rotatable bonds is 5. The third kappa shape index (κ3) is 2.87. The fourth-order valence-corrected chi connectivity index (χ4v) is 2.90. The van der Waals surface area contributed by atoms with E-state index in [1.165, 1.54) is 11.3 Å². The molecule has 1 aliphatic rings. The Hall–Kier alpha value is -1.66. The molecule has 3 rings (SSSR count). The van der Waals surface area contributed by atoms with Gasteiger partial charge >= 0.3 is 0 Å². The summed E-state index contributed by atoms with van der Waals surface area (Å²) < 4.78 is 4.31. The maximum atomic E-state index is 4.49. The minimum Gasteiger partial charge on any atom is -0.334 e. The minimum absolute atomic E-state index is 0.233. The van der Waals surface area contributed by atoms with Gasteiger partial charge in [-0.15, -0.1) is 0 Å². The van der Waals surface area contributed by atoms with Gasteiger partial charge in [-0.2, -0.15) is 5.10 Å². The smallest absolute Gasteiger partial charge is 0.125 e. The van der Waals surface area contributed by atoms with Gasteiger partial charge in [0.2, 0.25) is 0 Å². The summed E-state index contributed by atoms with van der Waals surface area (Å²) in [5, 5.41) is 8.07. The van der Waals surface area contributed by atoms with Gasteiger partial charge in [0.1, 0.15) is 5.82 Å². The molecule has 0 bridgehead atoms. The fourth-order valence-electron chi connectivity index (χ4n) is 2.90. The van der Waals surface area contributed by atoms with Crippen molar-refractivity contribution in [1.29, 1.82) is 0 Å². The van der Waals surface area contributed by atoms with E-state index in [9.17, 15) is 0 Å². The molecule has 0 aromatic carbocycles. The molecular weight excluding hydrogens is 264 g/mol. The number of nitrogens with one attached hydrogen (secondary N) is 1. The maximum absolute atomic E-state index is 4.49. The lowest BCUT2D eigenvalue weighted by Crippen LogP contribution is -2.31. The van der Waals surface area contributed by atoms with Crippen LogP contribution in [0.4, 0.5) is 0 Å². The number of aryl methyl sites for hydroxylation is 1. The Bertz CT molecular complexity index is 599. The van der Waals surface area contributed by atoms with E-state index in [0.717, 1.165) is 38.5 Å². The molecule has 0 radical (unpaired) electrons. The van der Waals surface area contributed by atoms with Crippen molar-refractivity contribution < 1.29 is 0 Å². The van der Waals surface area contributed by atoms with Crippen LogP contribution in [-0.2, 0) is 26.2 Å². The van der Waals surface area contributed by atoms with Crippen molar-refractivity contribution >= 4 is 0 Å². The molecule has 2 aromatic heterocycles. The van der Waals surface area contributed by atoms with Crippen molar-refractivity contribution in [3.8, 4) is 0 Å². The van der Waals surface area contributed by atoms with Crippen molar-refractivity contribution in [3.05, 3.63) is 35.7 Å². The van der Waals surface area contributed by atoms with Crippen LogP contribution in [0.2, 0.25) is 0 Å². The first-order valence-electron chi connectivity index (χ1n) is 7.65. The van der Waals surface area contributed by atoms with Gasteiger partial charge in [-0.3, -0.25) is 9.58 Å². The van der Waals surface area contributed by atoms with Crippen LogP contribution in [0.1, 0.15) is 37.0 Å². The Morgan fingerprint density at radius 2 is 2.24 bits per heavy atom. The van der Waals surface area contributed by atoms with Gasteiger partial charge in [0, 0.05) is 44.1 Å². The molecule has 1 N–H and O–H groups in total. The predicted molar refractivity (Wildman–Crippen MR) is 81.7 cm³/mol. The van der Waals surface area contributed by atoms with Crippen molar-refractivity contribution in [2.45, 2.75) is 46.1 Å². The first-order valence-corrected chi connectivity index (χ1v) is 7.65. The maximum Gasteiger partial charge on any atom is 0.125 e. The summed E-state index contributed by atoms with van der Waals surface area (Å²) >= 11 is 0. The van der Waals surface area contributed by atoms with E-state index in [-0.39, 0.29) is 6.04 Å². The molecule has 6 heteroatoms. The van der Waals surface area contributed by atoms with Gasteiger partial charge in [-0.1, -0.05) is 0 Å². The van der Waals surface area contributed by atoms with Crippen molar-refractivity contribution in [2.75, 3.05) is 13.6 Å². The quantitative estimate of drug-likeness (QED) is 0.903. The zero-order valence-electron chi connectivity index (χ0n) is 13.1. The summed E-state index contributed by atoms with van der Waals surface area (Å²) in [5.74, 6) is 1.09. The molecule has 1 unspecified atom stereocenters. The highest BCUT2D eigenvalue weighted by Gasteiger charge is 2.18. The summed E-state index contributed by atoms with van der Waals surface area (Å²) in [7, 11) is 2.16. The van der Waals surface area contributed by atoms with E-state index in [1.54, 1.807) is 0 Å². The molecule has 0 fully saturated rings. The third-order valence-electron chi connectivity index (χ3n) is 4.22. The largest absolute Gasteiger partial charge is 0.334 e. The van der Waals surface area contributed by atoms with Gasteiger partial charge in [0.15, 0.2) is 0 Å². The minimum atomic E-state index is 0.233. The average molecular weight is 288 g/mol. The van der Waals surface area contributed by atoms with E-state index < -0.39 is 0 Å². The van der Waals surface area contributed by atoms with Crippen LogP contribution in [0.3, 0.4) is 0 Å².